The summed E-state index contributed by atoms with van der Waals surface area (Å²) in [6.45, 7) is 3.08. The van der Waals surface area contributed by atoms with E-state index in [1.165, 1.54) is 31.0 Å². The smallest absolute Gasteiger partial charge is 0.313 e. The largest absolute Gasteiger partial charge is 0.481 e. The van der Waals surface area contributed by atoms with E-state index in [4.69, 9.17) is 5.11 Å². The maximum atomic E-state index is 10.8. The Kier molecular flexibility index (Phi) is 6.11. The van der Waals surface area contributed by atoms with Crippen molar-refractivity contribution in [2.45, 2.75) is 44.3 Å². The van der Waals surface area contributed by atoms with E-state index in [-0.39, 0.29) is 5.75 Å². The Morgan fingerprint density at radius 3 is 2.90 bits per heavy atom. The zero-order valence-corrected chi connectivity index (χ0v) is 14.4. The molecule has 1 aromatic heterocycles. The van der Waals surface area contributed by atoms with Gasteiger partial charge >= 0.3 is 5.97 Å². The number of imidazole rings is 1. The van der Waals surface area contributed by atoms with Crippen LogP contribution in [0.25, 0.3) is 11.0 Å². The first-order chi connectivity index (χ1) is 10.1. The van der Waals surface area contributed by atoms with Crippen LogP contribution < -0.4 is 0 Å². The lowest BCUT2D eigenvalue weighted by Gasteiger charge is -2.08. The van der Waals surface area contributed by atoms with E-state index in [0.717, 1.165) is 33.6 Å². The fourth-order valence-electron chi connectivity index (χ4n) is 2.22. The van der Waals surface area contributed by atoms with Crippen LogP contribution in [-0.4, -0.2) is 26.4 Å². The molecule has 0 saturated heterocycles. The van der Waals surface area contributed by atoms with E-state index < -0.39 is 5.97 Å². The molecule has 6 heteroatoms. The molecule has 0 spiro atoms. The zero-order valence-electron chi connectivity index (χ0n) is 12.0. The number of carbonyl (C=O) groups is 1. The molecule has 114 valence electrons. The number of rotatable bonds is 8. The maximum Gasteiger partial charge on any atom is 0.313 e. The lowest BCUT2D eigenvalue weighted by molar-refractivity contribution is -0.133. The van der Waals surface area contributed by atoms with Crippen molar-refractivity contribution in [1.82, 2.24) is 9.55 Å². The Labute approximate surface area is 137 Å². The van der Waals surface area contributed by atoms with Crippen molar-refractivity contribution in [1.29, 1.82) is 0 Å². The van der Waals surface area contributed by atoms with Crippen LogP contribution in [0, 0.1) is 0 Å². The summed E-state index contributed by atoms with van der Waals surface area (Å²) in [5.41, 5.74) is 1.98. The number of aliphatic carboxylic acids is 1. The molecule has 1 heterocycles. The van der Waals surface area contributed by atoms with Crippen molar-refractivity contribution >= 4 is 44.7 Å². The Morgan fingerprint density at radius 2 is 2.19 bits per heavy atom. The summed E-state index contributed by atoms with van der Waals surface area (Å²) in [6.07, 6.45) is 4.71. The monoisotopic (exact) mass is 370 g/mol. The molecule has 21 heavy (non-hydrogen) atoms. The first kappa shape index (κ1) is 16.4. The molecule has 2 aromatic rings. The fraction of sp³-hybridized carbons (Fsp3) is 0.467. The predicted molar refractivity (Wildman–Crippen MR) is 89.9 cm³/mol. The van der Waals surface area contributed by atoms with Crippen molar-refractivity contribution in [2.75, 3.05) is 5.75 Å². The molecule has 0 fully saturated rings. The van der Waals surface area contributed by atoms with Crippen LogP contribution in [0.2, 0.25) is 0 Å². The maximum absolute atomic E-state index is 10.8. The minimum Gasteiger partial charge on any atom is -0.481 e. The van der Waals surface area contributed by atoms with Gasteiger partial charge in [0.2, 0.25) is 0 Å². The van der Waals surface area contributed by atoms with Crippen LogP contribution in [0.1, 0.15) is 32.6 Å². The highest BCUT2D eigenvalue weighted by Gasteiger charge is 2.12. The number of halogens is 1. The average molecular weight is 371 g/mol. The highest BCUT2D eigenvalue weighted by atomic mass is 79.9. The Hall–Kier alpha value is -1.01. The molecule has 0 radical (unpaired) electrons. The van der Waals surface area contributed by atoms with Crippen LogP contribution in [0.4, 0.5) is 0 Å². The van der Waals surface area contributed by atoms with Crippen LogP contribution >= 0.6 is 27.7 Å². The molecule has 0 atom stereocenters. The lowest BCUT2D eigenvalue weighted by atomic mass is 10.2. The number of aromatic nitrogens is 2. The second-order valence-corrected chi connectivity index (χ2v) is 6.78. The molecule has 1 aromatic carbocycles. The molecule has 1 N–H and O–H groups in total. The highest BCUT2D eigenvalue weighted by Crippen LogP contribution is 2.27. The van der Waals surface area contributed by atoms with Gasteiger partial charge < -0.3 is 9.67 Å². The number of benzene rings is 1. The van der Waals surface area contributed by atoms with Crippen molar-refractivity contribution < 1.29 is 9.90 Å². The van der Waals surface area contributed by atoms with Gasteiger partial charge in [-0.2, -0.15) is 0 Å². The summed E-state index contributed by atoms with van der Waals surface area (Å²) in [4.78, 5) is 15.4. The summed E-state index contributed by atoms with van der Waals surface area (Å²) < 4.78 is 3.16. The van der Waals surface area contributed by atoms with Gasteiger partial charge in [0, 0.05) is 11.0 Å². The first-order valence-electron chi connectivity index (χ1n) is 7.12. The highest BCUT2D eigenvalue weighted by molar-refractivity contribution is 9.10. The number of carboxylic acid groups (broad SMARTS) is 1. The van der Waals surface area contributed by atoms with Crippen LogP contribution in [0.5, 0.6) is 0 Å². The third kappa shape index (κ3) is 4.48. The molecule has 0 amide bonds. The van der Waals surface area contributed by atoms with Gasteiger partial charge in [0.05, 0.1) is 16.8 Å². The van der Waals surface area contributed by atoms with Crippen LogP contribution in [0.3, 0.4) is 0 Å². The van der Waals surface area contributed by atoms with Gasteiger partial charge in [-0.15, -0.1) is 0 Å². The van der Waals surface area contributed by atoms with E-state index in [1.54, 1.807) is 0 Å². The zero-order chi connectivity index (χ0) is 15.2. The standard InChI is InChI=1S/C15H19BrN2O2S/c1-2-3-4-5-8-18-13-9-11(16)6-7-12(13)17-15(18)21-10-14(19)20/h6-7,9H,2-5,8,10H2,1H3,(H,19,20). The van der Waals surface area contributed by atoms with Gasteiger partial charge in [0.1, 0.15) is 0 Å². The number of unbranched alkanes of at least 4 members (excludes halogenated alkanes) is 3. The van der Waals surface area contributed by atoms with Crippen LogP contribution in [0.15, 0.2) is 27.8 Å². The molecule has 2 rings (SSSR count). The first-order valence-corrected chi connectivity index (χ1v) is 8.90. The molecule has 0 aliphatic heterocycles. The molecular weight excluding hydrogens is 352 g/mol. The third-order valence-corrected chi connectivity index (χ3v) is 4.69. The lowest BCUT2D eigenvalue weighted by Crippen LogP contribution is -2.03. The summed E-state index contributed by atoms with van der Waals surface area (Å²) >= 11 is 4.78. The van der Waals surface area contributed by atoms with Gasteiger partial charge in [-0.05, 0) is 24.6 Å². The van der Waals surface area contributed by atoms with Crippen LogP contribution in [-0.2, 0) is 11.3 Å². The summed E-state index contributed by atoms with van der Waals surface area (Å²) in [5.74, 6) is -0.773. The van der Waals surface area contributed by atoms with Gasteiger partial charge in [0.15, 0.2) is 5.16 Å². The molecule has 0 bridgehead atoms. The topological polar surface area (TPSA) is 55.1 Å². The number of aryl methyl sites for hydroxylation is 1. The van der Waals surface area contributed by atoms with Gasteiger partial charge in [-0.1, -0.05) is 53.9 Å². The minimum absolute atomic E-state index is 0.0411. The number of hydrogen-bond acceptors (Lipinski definition) is 3. The van der Waals surface area contributed by atoms with Gasteiger partial charge in [0.25, 0.3) is 0 Å². The molecule has 4 nitrogen and oxygen atoms in total. The second-order valence-electron chi connectivity index (χ2n) is 4.92. The molecule has 0 aliphatic rings. The Balaban J connectivity index is 2.24. The summed E-state index contributed by atoms with van der Waals surface area (Å²) in [7, 11) is 0. The SMILES string of the molecule is CCCCCCn1c(SCC(=O)O)nc2ccc(Br)cc21. The van der Waals surface area contributed by atoms with E-state index >= 15 is 0 Å². The Morgan fingerprint density at radius 1 is 1.38 bits per heavy atom. The second kappa shape index (κ2) is 7.84. The van der Waals surface area contributed by atoms with E-state index in [1.807, 2.05) is 18.2 Å². The molecule has 0 unspecified atom stereocenters. The van der Waals surface area contributed by atoms with Gasteiger partial charge in [-0.25, -0.2) is 4.98 Å². The minimum atomic E-state index is -0.814. The van der Waals surface area contributed by atoms with Crippen molar-refractivity contribution in [3.63, 3.8) is 0 Å². The number of nitrogens with zero attached hydrogens (tertiary/aromatic N) is 2. The Bertz CT molecular complexity index is 627. The fourth-order valence-corrected chi connectivity index (χ4v) is 3.33. The van der Waals surface area contributed by atoms with E-state index in [9.17, 15) is 4.79 Å². The number of fused-ring (bicyclic) bond motifs is 1. The average Bonchev–Trinajstić information content (AvgIpc) is 2.78. The van der Waals surface area contributed by atoms with Gasteiger partial charge in [-0.3, -0.25) is 4.79 Å². The molecular formula is C15H19BrN2O2S. The van der Waals surface area contributed by atoms with E-state index in [0.29, 0.717) is 0 Å². The summed E-state index contributed by atoms with van der Waals surface area (Å²) in [5, 5.41) is 9.66. The van der Waals surface area contributed by atoms with Crippen molar-refractivity contribution in [3.05, 3.63) is 22.7 Å². The van der Waals surface area contributed by atoms with E-state index in [2.05, 4.69) is 32.4 Å². The molecule has 0 saturated carbocycles. The molecule has 0 aliphatic carbocycles. The quantitative estimate of drug-likeness (QED) is 0.546. The van der Waals surface area contributed by atoms with Crippen molar-refractivity contribution in [2.24, 2.45) is 0 Å². The summed E-state index contributed by atoms with van der Waals surface area (Å²) in [6, 6.07) is 5.97. The number of carboxylic acids is 1. The third-order valence-electron chi connectivity index (χ3n) is 3.24. The number of hydrogen-bond donors (Lipinski definition) is 1. The normalized spacial score (nSPS) is 11.1. The predicted octanol–water partition coefficient (Wildman–Crippen LogP) is 4.56. The number of thioether (sulfide) groups is 1. The van der Waals surface area contributed by atoms with Crippen molar-refractivity contribution in [3.8, 4) is 0 Å².